The van der Waals surface area contributed by atoms with Crippen LogP contribution >= 0.6 is 24.8 Å². The third kappa shape index (κ3) is 5.73. The lowest BCUT2D eigenvalue weighted by atomic mass is 10.1. The van der Waals surface area contributed by atoms with E-state index in [-0.39, 0.29) is 36.5 Å². The third-order valence-corrected chi connectivity index (χ3v) is 4.43. The van der Waals surface area contributed by atoms with Crippen LogP contribution in [0.4, 0.5) is 10.1 Å². The zero-order chi connectivity index (χ0) is 17.8. The van der Waals surface area contributed by atoms with Crippen LogP contribution in [0.25, 0.3) is 0 Å². The van der Waals surface area contributed by atoms with Crippen LogP contribution in [0, 0.1) is 5.82 Å². The van der Waals surface area contributed by atoms with Crippen LogP contribution in [0.5, 0.6) is 5.75 Å². The van der Waals surface area contributed by atoms with Crippen molar-refractivity contribution in [2.24, 2.45) is 0 Å². The minimum Gasteiger partial charge on any atom is -0.496 e. The first-order valence-corrected chi connectivity index (χ1v) is 8.26. The Morgan fingerprint density at radius 3 is 2.44 bits per heavy atom. The Bertz CT molecular complexity index is 768. The quantitative estimate of drug-likeness (QED) is 0.778. The van der Waals surface area contributed by atoms with Gasteiger partial charge in [0.1, 0.15) is 11.6 Å². The van der Waals surface area contributed by atoms with Gasteiger partial charge < -0.3 is 15.4 Å². The van der Waals surface area contributed by atoms with E-state index in [0.717, 1.165) is 18.7 Å². The molecule has 1 aliphatic rings. The molecule has 1 heterocycles. The molecule has 1 saturated heterocycles. The van der Waals surface area contributed by atoms with Crippen molar-refractivity contribution in [2.75, 3.05) is 39.0 Å². The summed E-state index contributed by atoms with van der Waals surface area (Å²) in [5.41, 5.74) is 7.77. The van der Waals surface area contributed by atoms with Crippen molar-refractivity contribution in [2.45, 2.75) is 6.54 Å². The molecular formula is C19H24Cl2FN3O2. The molecule has 0 bridgehead atoms. The zero-order valence-corrected chi connectivity index (χ0v) is 16.7. The first-order valence-electron chi connectivity index (χ1n) is 8.26. The van der Waals surface area contributed by atoms with Crippen LogP contribution in [0.1, 0.15) is 15.9 Å². The summed E-state index contributed by atoms with van der Waals surface area (Å²) in [6, 6.07) is 11.6. The topological polar surface area (TPSA) is 58.8 Å². The number of nitrogens with two attached hydrogens (primary N) is 1. The van der Waals surface area contributed by atoms with Gasteiger partial charge in [-0.3, -0.25) is 9.69 Å². The number of methoxy groups -OCH3 is 1. The van der Waals surface area contributed by atoms with Crippen molar-refractivity contribution in [3.05, 3.63) is 59.4 Å². The highest BCUT2D eigenvalue weighted by Crippen LogP contribution is 2.22. The lowest BCUT2D eigenvalue weighted by molar-refractivity contribution is 0.0627. The van der Waals surface area contributed by atoms with Crippen LogP contribution in [0.2, 0.25) is 0 Å². The fourth-order valence-corrected chi connectivity index (χ4v) is 3.07. The van der Waals surface area contributed by atoms with Gasteiger partial charge in [-0.15, -0.1) is 24.8 Å². The monoisotopic (exact) mass is 415 g/mol. The molecule has 2 aromatic carbocycles. The molecule has 1 fully saturated rings. The van der Waals surface area contributed by atoms with Crippen LogP contribution < -0.4 is 10.5 Å². The number of nitrogens with zero attached hydrogens (tertiary/aromatic N) is 2. The van der Waals surface area contributed by atoms with Gasteiger partial charge in [0.25, 0.3) is 5.91 Å². The Labute approximate surface area is 171 Å². The predicted molar refractivity (Wildman–Crippen MR) is 109 cm³/mol. The highest BCUT2D eigenvalue weighted by atomic mass is 35.5. The van der Waals surface area contributed by atoms with Crippen molar-refractivity contribution < 1.29 is 13.9 Å². The van der Waals surface area contributed by atoms with Crippen molar-refractivity contribution >= 4 is 36.4 Å². The zero-order valence-electron chi connectivity index (χ0n) is 15.1. The number of carbonyl (C=O) groups excluding carboxylic acids is 1. The molecule has 0 atom stereocenters. The number of anilines is 1. The molecular weight excluding hydrogens is 392 g/mol. The molecule has 1 amide bonds. The number of nitrogen functional groups attached to an aromatic ring is 1. The second kappa shape index (κ2) is 10.3. The number of rotatable bonds is 4. The Morgan fingerprint density at radius 1 is 1.11 bits per heavy atom. The maximum atomic E-state index is 13.5. The first-order chi connectivity index (χ1) is 12.1. The molecule has 148 valence electrons. The highest BCUT2D eigenvalue weighted by molar-refractivity contribution is 5.95. The molecule has 0 unspecified atom stereocenters. The number of halogens is 3. The van der Waals surface area contributed by atoms with Crippen molar-refractivity contribution in [3.63, 3.8) is 0 Å². The second-order valence-electron chi connectivity index (χ2n) is 6.15. The summed E-state index contributed by atoms with van der Waals surface area (Å²) in [5, 5.41) is 0. The van der Waals surface area contributed by atoms with Gasteiger partial charge in [0.05, 0.1) is 7.11 Å². The summed E-state index contributed by atoms with van der Waals surface area (Å²) >= 11 is 0. The number of amides is 1. The van der Waals surface area contributed by atoms with E-state index in [1.807, 2.05) is 4.90 Å². The summed E-state index contributed by atoms with van der Waals surface area (Å²) in [6.45, 7) is 3.32. The summed E-state index contributed by atoms with van der Waals surface area (Å²) in [4.78, 5) is 16.6. The molecule has 0 aromatic heterocycles. The molecule has 3 rings (SSSR count). The van der Waals surface area contributed by atoms with Gasteiger partial charge in [0.2, 0.25) is 0 Å². The van der Waals surface area contributed by atoms with Gasteiger partial charge >= 0.3 is 0 Å². The van der Waals surface area contributed by atoms with E-state index in [1.165, 1.54) is 12.1 Å². The van der Waals surface area contributed by atoms with Crippen molar-refractivity contribution in [1.82, 2.24) is 9.80 Å². The van der Waals surface area contributed by atoms with Gasteiger partial charge in [0, 0.05) is 49.5 Å². The largest absolute Gasteiger partial charge is 0.496 e. The van der Waals surface area contributed by atoms with Gasteiger partial charge in [-0.25, -0.2) is 4.39 Å². The van der Waals surface area contributed by atoms with E-state index in [1.54, 1.807) is 37.4 Å². The second-order valence-corrected chi connectivity index (χ2v) is 6.15. The van der Waals surface area contributed by atoms with E-state index < -0.39 is 0 Å². The molecule has 0 saturated carbocycles. The number of ether oxygens (including phenoxy) is 1. The average Bonchev–Trinajstić information content (AvgIpc) is 2.62. The van der Waals surface area contributed by atoms with Crippen LogP contribution in [0.3, 0.4) is 0 Å². The smallest absolute Gasteiger partial charge is 0.254 e. The Hall–Kier alpha value is -2.02. The Balaban J connectivity index is 0.00000182. The van der Waals surface area contributed by atoms with E-state index in [9.17, 15) is 9.18 Å². The van der Waals surface area contributed by atoms with Gasteiger partial charge in [-0.2, -0.15) is 0 Å². The van der Waals surface area contributed by atoms with Crippen LogP contribution in [-0.2, 0) is 6.54 Å². The number of benzene rings is 2. The lowest BCUT2D eigenvalue weighted by Crippen LogP contribution is -2.48. The Kier molecular flexibility index (Phi) is 8.82. The molecule has 27 heavy (non-hydrogen) atoms. The van der Waals surface area contributed by atoms with Gasteiger partial charge in [-0.1, -0.05) is 6.07 Å². The molecule has 2 N–H and O–H groups in total. The van der Waals surface area contributed by atoms with E-state index in [0.29, 0.717) is 36.6 Å². The fourth-order valence-electron chi connectivity index (χ4n) is 3.07. The summed E-state index contributed by atoms with van der Waals surface area (Å²) < 4.78 is 18.8. The first kappa shape index (κ1) is 23.0. The van der Waals surface area contributed by atoms with Crippen LogP contribution in [-0.4, -0.2) is 49.0 Å². The minimum atomic E-state index is -0.272. The summed E-state index contributed by atoms with van der Waals surface area (Å²) in [6.07, 6.45) is 0. The molecule has 0 aliphatic carbocycles. The standard InChI is InChI=1S/C19H22FN3O2.2ClH/c1-25-18-6-5-16(20)11-15(18)13-22-7-9-23(10-8-22)19(24)14-3-2-4-17(21)12-14;;/h2-6,11-12H,7-10,13,21H2,1H3;2*1H. The van der Waals surface area contributed by atoms with E-state index in [4.69, 9.17) is 10.5 Å². The molecule has 0 radical (unpaired) electrons. The van der Waals surface area contributed by atoms with Crippen molar-refractivity contribution in [1.29, 1.82) is 0 Å². The normalized spacial score (nSPS) is 14.1. The summed E-state index contributed by atoms with van der Waals surface area (Å²) in [7, 11) is 1.58. The number of hydrogen-bond donors (Lipinski definition) is 1. The number of hydrogen-bond acceptors (Lipinski definition) is 4. The Morgan fingerprint density at radius 2 is 1.81 bits per heavy atom. The molecule has 5 nitrogen and oxygen atoms in total. The van der Waals surface area contributed by atoms with E-state index >= 15 is 0 Å². The maximum Gasteiger partial charge on any atom is 0.254 e. The van der Waals surface area contributed by atoms with Crippen molar-refractivity contribution in [3.8, 4) is 5.75 Å². The SMILES string of the molecule is COc1ccc(F)cc1CN1CCN(C(=O)c2cccc(N)c2)CC1.Cl.Cl. The van der Waals surface area contributed by atoms with Gasteiger partial charge in [-0.05, 0) is 36.4 Å². The van der Waals surface area contributed by atoms with Gasteiger partial charge in [0.15, 0.2) is 0 Å². The average molecular weight is 416 g/mol. The molecule has 2 aromatic rings. The van der Waals surface area contributed by atoms with E-state index in [2.05, 4.69) is 4.90 Å². The molecule has 0 spiro atoms. The highest BCUT2D eigenvalue weighted by Gasteiger charge is 2.23. The third-order valence-electron chi connectivity index (χ3n) is 4.43. The number of carbonyl (C=O) groups is 1. The predicted octanol–water partition coefficient (Wildman–Crippen LogP) is 3.22. The molecule has 8 heteroatoms. The van der Waals surface area contributed by atoms with Crippen LogP contribution in [0.15, 0.2) is 42.5 Å². The minimum absolute atomic E-state index is 0. The fraction of sp³-hybridized carbons (Fsp3) is 0.316. The molecule has 1 aliphatic heterocycles. The number of piperazine rings is 1. The summed E-state index contributed by atoms with van der Waals surface area (Å²) in [5.74, 6) is 0.404. The maximum absolute atomic E-state index is 13.5. The lowest BCUT2D eigenvalue weighted by Gasteiger charge is -2.35.